The Morgan fingerprint density at radius 3 is 2.76 bits per heavy atom. The number of benzene rings is 1. The number of imidazole rings is 1. The van der Waals surface area contributed by atoms with E-state index in [4.69, 9.17) is 28.9 Å². The highest BCUT2D eigenvalue weighted by Crippen LogP contribution is 2.31. The lowest BCUT2D eigenvalue weighted by atomic mass is 10.3. The average molecular weight is 288 g/mol. The molecule has 3 nitrogen and oxygen atoms in total. The number of thioether (sulfide) groups is 1. The van der Waals surface area contributed by atoms with Gasteiger partial charge in [0.15, 0.2) is 0 Å². The molecule has 2 rings (SSSR count). The molecule has 0 bridgehead atoms. The van der Waals surface area contributed by atoms with Gasteiger partial charge in [-0.25, -0.2) is 4.98 Å². The fourth-order valence-electron chi connectivity index (χ4n) is 1.33. The summed E-state index contributed by atoms with van der Waals surface area (Å²) >= 11 is 13.6. The van der Waals surface area contributed by atoms with Crippen molar-refractivity contribution in [2.75, 3.05) is 5.73 Å². The van der Waals surface area contributed by atoms with Crippen molar-refractivity contribution in [3.05, 3.63) is 40.4 Å². The predicted molar refractivity (Wildman–Crippen MR) is 73.6 cm³/mol. The number of rotatable bonds is 3. The van der Waals surface area contributed by atoms with Crippen molar-refractivity contribution in [3.8, 4) is 0 Å². The highest BCUT2D eigenvalue weighted by molar-refractivity contribution is 7.98. The van der Waals surface area contributed by atoms with Crippen molar-refractivity contribution in [2.24, 2.45) is 7.05 Å². The Morgan fingerprint density at radius 1 is 1.41 bits per heavy atom. The normalized spacial score (nSPS) is 10.8. The summed E-state index contributed by atoms with van der Waals surface area (Å²) in [6.45, 7) is 0. The molecule has 0 saturated carbocycles. The van der Waals surface area contributed by atoms with Gasteiger partial charge in [-0.1, -0.05) is 23.2 Å². The third-order valence-electron chi connectivity index (χ3n) is 2.34. The Bertz CT molecular complexity index is 540. The molecule has 90 valence electrons. The minimum atomic E-state index is 0.629. The second-order valence-corrected chi connectivity index (χ2v) is 5.35. The molecule has 17 heavy (non-hydrogen) atoms. The Hall–Kier alpha value is -0.840. The second kappa shape index (κ2) is 5.21. The molecular formula is C11H11Cl2N3S. The number of nitrogens with zero attached hydrogens (tertiary/aromatic N) is 2. The third kappa shape index (κ3) is 2.89. The maximum atomic E-state index is 6.09. The number of anilines is 1. The van der Waals surface area contributed by atoms with Crippen molar-refractivity contribution in [1.82, 2.24) is 9.55 Å². The lowest BCUT2D eigenvalue weighted by Gasteiger charge is -2.05. The lowest BCUT2D eigenvalue weighted by Crippen LogP contribution is -1.95. The number of hydrogen-bond acceptors (Lipinski definition) is 3. The average Bonchev–Trinajstić information content (AvgIpc) is 2.59. The summed E-state index contributed by atoms with van der Waals surface area (Å²) in [7, 11) is 1.88. The van der Waals surface area contributed by atoms with Gasteiger partial charge in [0, 0.05) is 17.6 Å². The zero-order valence-electron chi connectivity index (χ0n) is 9.15. The van der Waals surface area contributed by atoms with Gasteiger partial charge in [-0.3, -0.25) is 0 Å². The van der Waals surface area contributed by atoms with Gasteiger partial charge >= 0.3 is 0 Å². The van der Waals surface area contributed by atoms with Gasteiger partial charge in [0.25, 0.3) is 0 Å². The molecule has 0 spiro atoms. The van der Waals surface area contributed by atoms with Crippen LogP contribution in [0.15, 0.2) is 29.3 Å². The van der Waals surface area contributed by atoms with Gasteiger partial charge in [0.1, 0.15) is 11.0 Å². The Labute approximate surface area is 114 Å². The van der Waals surface area contributed by atoms with Crippen LogP contribution in [0.5, 0.6) is 0 Å². The van der Waals surface area contributed by atoms with Gasteiger partial charge < -0.3 is 10.3 Å². The smallest absolute Gasteiger partial charge is 0.128 e. The van der Waals surface area contributed by atoms with Crippen LogP contribution < -0.4 is 5.73 Å². The summed E-state index contributed by atoms with van der Waals surface area (Å²) in [5.74, 6) is 1.63. The maximum Gasteiger partial charge on any atom is 0.128 e. The SMILES string of the molecule is Cn1c(Cl)cnc1CSc1ccc(N)cc1Cl. The van der Waals surface area contributed by atoms with Crippen LogP contribution in [-0.2, 0) is 12.8 Å². The lowest BCUT2D eigenvalue weighted by molar-refractivity contribution is 0.850. The minimum absolute atomic E-state index is 0.629. The molecule has 2 aromatic rings. The topological polar surface area (TPSA) is 43.8 Å². The van der Waals surface area contributed by atoms with E-state index in [2.05, 4.69) is 4.98 Å². The fourth-order valence-corrected chi connectivity index (χ4v) is 2.75. The summed E-state index contributed by atoms with van der Waals surface area (Å²) in [6, 6.07) is 5.49. The Morgan fingerprint density at radius 2 is 2.18 bits per heavy atom. The van der Waals surface area contributed by atoms with Crippen LogP contribution in [0, 0.1) is 0 Å². The maximum absolute atomic E-state index is 6.09. The molecule has 0 atom stereocenters. The van der Waals surface area contributed by atoms with Gasteiger partial charge in [-0.15, -0.1) is 11.8 Å². The van der Waals surface area contributed by atoms with E-state index in [-0.39, 0.29) is 0 Å². The van der Waals surface area contributed by atoms with Crippen molar-refractivity contribution >= 4 is 40.7 Å². The Balaban J connectivity index is 2.10. The van der Waals surface area contributed by atoms with E-state index in [0.717, 1.165) is 10.7 Å². The number of nitrogens with two attached hydrogens (primary N) is 1. The molecule has 2 N–H and O–H groups in total. The largest absolute Gasteiger partial charge is 0.399 e. The van der Waals surface area contributed by atoms with Crippen molar-refractivity contribution in [1.29, 1.82) is 0 Å². The number of halogens is 2. The summed E-state index contributed by atoms with van der Waals surface area (Å²) in [6.07, 6.45) is 1.64. The minimum Gasteiger partial charge on any atom is -0.399 e. The highest BCUT2D eigenvalue weighted by atomic mass is 35.5. The molecule has 1 aromatic heterocycles. The van der Waals surface area contributed by atoms with Crippen molar-refractivity contribution in [3.63, 3.8) is 0 Å². The molecule has 1 heterocycles. The van der Waals surface area contributed by atoms with Crippen molar-refractivity contribution < 1.29 is 0 Å². The van der Waals surface area contributed by atoms with Crippen LogP contribution in [-0.4, -0.2) is 9.55 Å². The van der Waals surface area contributed by atoms with Gasteiger partial charge in [-0.05, 0) is 18.2 Å². The summed E-state index contributed by atoms with van der Waals surface area (Å²) in [4.78, 5) is 5.21. The first kappa shape index (κ1) is 12.6. The molecule has 0 aliphatic carbocycles. The van der Waals surface area contributed by atoms with Gasteiger partial charge in [0.05, 0.1) is 17.0 Å². The summed E-state index contributed by atoms with van der Waals surface area (Å²) < 4.78 is 1.85. The predicted octanol–water partition coefficient (Wildman–Crippen LogP) is 3.60. The fraction of sp³-hybridized carbons (Fsp3) is 0.182. The van der Waals surface area contributed by atoms with E-state index in [0.29, 0.717) is 21.6 Å². The molecule has 0 radical (unpaired) electrons. The Kier molecular flexibility index (Phi) is 3.86. The van der Waals surface area contributed by atoms with Crippen LogP contribution in [0.3, 0.4) is 0 Å². The van der Waals surface area contributed by atoms with Crippen LogP contribution in [0.4, 0.5) is 5.69 Å². The van der Waals surface area contributed by atoms with E-state index in [1.807, 2.05) is 23.7 Å². The quantitative estimate of drug-likeness (QED) is 0.693. The van der Waals surface area contributed by atoms with E-state index in [9.17, 15) is 0 Å². The van der Waals surface area contributed by atoms with Crippen LogP contribution in [0.25, 0.3) is 0 Å². The standard InChI is InChI=1S/C11H11Cl2N3S/c1-16-10(13)5-15-11(16)6-17-9-3-2-7(14)4-8(9)12/h2-5H,6,14H2,1H3. The molecule has 0 unspecified atom stereocenters. The van der Waals surface area contributed by atoms with E-state index < -0.39 is 0 Å². The van der Waals surface area contributed by atoms with Crippen LogP contribution >= 0.6 is 35.0 Å². The molecule has 6 heteroatoms. The monoisotopic (exact) mass is 287 g/mol. The zero-order valence-corrected chi connectivity index (χ0v) is 11.5. The first-order valence-electron chi connectivity index (χ1n) is 4.92. The van der Waals surface area contributed by atoms with E-state index in [1.165, 1.54) is 0 Å². The molecule has 0 saturated heterocycles. The van der Waals surface area contributed by atoms with Gasteiger partial charge in [-0.2, -0.15) is 0 Å². The number of nitrogen functional groups attached to an aromatic ring is 1. The van der Waals surface area contributed by atoms with Gasteiger partial charge in [0.2, 0.25) is 0 Å². The molecule has 0 amide bonds. The molecule has 0 aliphatic rings. The number of hydrogen-bond donors (Lipinski definition) is 1. The van der Waals surface area contributed by atoms with E-state index >= 15 is 0 Å². The van der Waals surface area contributed by atoms with Crippen LogP contribution in [0.2, 0.25) is 10.2 Å². The van der Waals surface area contributed by atoms with E-state index in [1.54, 1.807) is 24.0 Å². The highest BCUT2D eigenvalue weighted by Gasteiger charge is 2.07. The molecule has 0 fully saturated rings. The third-order valence-corrected chi connectivity index (χ3v) is 4.19. The van der Waals surface area contributed by atoms with Crippen LogP contribution in [0.1, 0.15) is 5.82 Å². The number of aromatic nitrogens is 2. The molecular weight excluding hydrogens is 277 g/mol. The summed E-state index contributed by atoms with van der Waals surface area (Å²) in [5, 5.41) is 1.29. The first-order valence-corrected chi connectivity index (χ1v) is 6.66. The summed E-state index contributed by atoms with van der Waals surface area (Å²) in [5.41, 5.74) is 6.30. The van der Waals surface area contributed by atoms with Crippen molar-refractivity contribution in [2.45, 2.75) is 10.6 Å². The second-order valence-electron chi connectivity index (χ2n) is 3.53. The molecule has 1 aromatic carbocycles. The molecule has 0 aliphatic heterocycles. The first-order chi connectivity index (χ1) is 8.08. The zero-order chi connectivity index (χ0) is 12.4.